The summed E-state index contributed by atoms with van der Waals surface area (Å²) in [6.07, 6.45) is 3.94. The molecule has 0 amide bonds. The molecule has 0 spiro atoms. The molecule has 1 aliphatic rings. The van der Waals surface area contributed by atoms with Crippen molar-refractivity contribution in [3.8, 4) is 22.9 Å². The molecule has 0 aliphatic carbocycles. The summed E-state index contributed by atoms with van der Waals surface area (Å²) in [5, 5.41) is 4.21. The number of rotatable bonds is 7. The van der Waals surface area contributed by atoms with Crippen molar-refractivity contribution in [1.82, 2.24) is 14.9 Å². The third-order valence-electron chi connectivity index (χ3n) is 7.36. The number of benzene rings is 3. The Kier molecular flexibility index (Phi) is 6.97. The molecule has 0 saturated carbocycles. The van der Waals surface area contributed by atoms with Gasteiger partial charge in [-0.25, -0.2) is 0 Å². The number of hydrogen-bond acceptors (Lipinski definition) is 4. The van der Waals surface area contributed by atoms with E-state index in [1.54, 1.807) is 7.11 Å². The molecule has 5 aromatic rings. The van der Waals surface area contributed by atoms with Gasteiger partial charge in [-0.15, -0.1) is 0 Å². The lowest BCUT2D eigenvalue weighted by Crippen LogP contribution is -2.30. The first kappa shape index (κ1) is 25.6. The van der Waals surface area contributed by atoms with Gasteiger partial charge in [-0.2, -0.15) is 0 Å². The zero-order chi connectivity index (χ0) is 27.6. The average molecular weight is 547 g/mol. The topological polar surface area (TPSA) is 51.6 Å². The third kappa shape index (κ3) is 4.92. The maximum atomic E-state index is 6.07. The molecule has 7 heteroatoms. The van der Waals surface area contributed by atoms with Gasteiger partial charge >= 0.3 is 0 Å². The number of nitrogens with one attached hydrogen (secondary N) is 1. The highest BCUT2D eigenvalue weighted by Crippen LogP contribution is 2.42. The van der Waals surface area contributed by atoms with E-state index >= 15 is 0 Å². The van der Waals surface area contributed by atoms with Crippen LogP contribution in [0.5, 0.6) is 17.2 Å². The second-order valence-electron chi connectivity index (χ2n) is 9.84. The second-order valence-corrected chi connectivity index (χ2v) is 10.2. The molecule has 0 unspecified atom stereocenters. The van der Waals surface area contributed by atoms with E-state index in [4.69, 9.17) is 26.7 Å². The average Bonchev–Trinajstić information content (AvgIpc) is 3.60. The lowest BCUT2D eigenvalue weighted by atomic mass is 10.0. The molecule has 3 aromatic carbocycles. The largest absolute Gasteiger partial charge is 0.497 e. The Hall–Kier alpha value is -4.62. The summed E-state index contributed by atoms with van der Waals surface area (Å²) in [5.74, 6) is 2.27. The first-order valence-electron chi connectivity index (χ1n) is 13.2. The number of anilines is 1. The molecule has 1 saturated heterocycles. The van der Waals surface area contributed by atoms with E-state index in [2.05, 4.69) is 65.2 Å². The van der Waals surface area contributed by atoms with Crippen molar-refractivity contribution in [2.24, 2.45) is 0 Å². The molecule has 6 rings (SSSR count). The second kappa shape index (κ2) is 10.9. The number of pyridine rings is 1. The van der Waals surface area contributed by atoms with Gasteiger partial charge in [-0.3, -0.25) is 4.98 Å². The number of thiocarbonyl (C=S) groups is 1. The molecule has 6 nitrogen and oxygen atoms in total. The van der Waals surface area contributed by atoms with Crippen LogP contribution in [-0.4, -0.2) is 21.8 Å². The minimum atomic E-state index is -0.135. The number of aromatic nitrogens is 2. The summed E-state index contributed by atoms with van der Waals surface area (Å²) in [4.78, 5) is 6.88. The van der Waals surface area contributed by atoms with E-state index in [9.17, 15) is 0 Å². The van der Waals surface area contributed by atoms with Crippen molar-refractivity contribution in [1.29, 1.82) is 0 Å². The molecule has 1 aliphatic heterocycles. The normalized spacial score (nSPS) is 16.6. The highest BCUT2D eigenvalue weighted by atomic mass is 32.1. The van der Waals surface area contributed by atoms with Crippen LogP contribution in [-0.2, 0) is 0 Å². The first-order chi connectivity index (χ1) is 19.5. The van der Waals surface area contributed by atoms with Gasteiger partial charge < -0.3 is 24.3 Å². The van der Waals surface area contributed by atoms with E-state index in [0.717, 1.165) is 40.0 Å². The summed E-state index contributed by atoms with van der Waals surface area (Å²) in [7, 11) is 1.65. The van der Waals surface area contributed by atoms with Gasteiger partial charge in [-0.1, -0.05) is 12.1 Å². The van der Waals surface area contributed by atoms with Gasteiger partial charge in [0.15, 0.2) is 5.11 Å². The molecule has 40 heavy (non-hydrogen) atoms. The molecular weight excluding hydrogens is 516 g/mol. The van der Waals surface area contributed by atoms with Crippen LogP contribution in [0.15, 0.2) is 109 Å². The Bertz CT molecular complexity index is 1630. The van der Waals surface area contributed by atoms with Gasteiger partial charge in [0.25, 0.3) is 0 Å². The van der Waals surface area contributed by atoms with Gasteiger partial charge in [0.1, 0.15) is 23.3 Å². The predicted octanol–water partition coefficient (Wildman–Crippen LogP) is 7.47. The maximum absolute atomic E-state index is 6.07. The highest BCUT2D eigenvalue weighted by molar-refractivity contribution is 7.80. The summed E-state index contributed by atoms with van der Waals surface area (Å²) in [5.41, 5.74) is 6.66. The highest BCUT2D eigenvalue weighted by Gasteiger charge is 2.42. The molecule has 0 radical (unpaired) electrons. The lowest BCUT2D eigenvalue weighted by Gasteiger charge is -2.29. The molecule has 0 bridgehead atoms. The Balaban J connectivity index is 1.37. The molecule has 3 heterocycles. The molecule has 1 N–H and O–H groups in total. The van der Waals surface area contributed by atoms with Crippen molar-refractivity contribution < 1.29 is 9.47 Å². The van der Waals surface area contributed by atoms with Crippen LogP contribution < -0.4 is 19.7 Å². The molecule has 200 valence electrons. The van der Waals surface area contributed by atoms with Gasteiger partial charge in [0.05, 0.1) is 18.8 Å². The first-order valence-corrected chi connectivity index (χ1v) is 13.6. The molecule has 2 atom stereocenters. The fourth-order valence-electron chi connectivity index (χ4n) is 5.13. The number of hydrogen-bond donors (Lipinski definition) is 1. The Morgan fingerprint density at radius 1 is 0.775 bits per heavy atom. The van der Waals surface area contributed by atoms with Crippen LogP contribution in [0.25, 0.3) is 5.69 Å². The minimum absolute atomic E-state index is 0.132. The van der Waals surface area contributed by atoms with Crippen molar-refractivity contribution >= 4 is 23.0 Å². The number of nitrogens with zero attached hydrogens (tertiary/aromatic N) is 3. The van der Waals surface area contributed by atoms with Crippen molar-refractivity contribution in [3.05, 3.63) is 132 Å². The van der Waals surface area contributed by atoms with Crippen molar-refractivity contribution in [2.45, 2.75) is 25.9 Å². The fourth-order valence-corrected chi connectivity index (χ4v) is 5.48. The monoisotopic (exact) mass is 546 g/mol. The van der Waals surface area contributed by atoms with Crippen LogP contribution in [0.4, 0.5) is 5.69 Å². The SMILES string of the molecule is COc1ccc(Oc2ccc(N3C(=S)N[C@H](c4ccccn4)[C@@H]3c3cccn3-c3ccc(C)c(C)c3)cc2)cc1. The molecule has 2 aromatic heterocycles. The third-order valence-corrected chi connectivity index (χ3v) is 7.67. The van der Waals surface area contributed by atoms with E-state index in [1.807, 2.05) is 72.9 Å². The summed E-state index contributed by atoms with van der Waals surface area (Å²) in [6, 6.07) is 32.1. The molecular formula is C33H30N4O2S. The number of ether oxygens (including phenoxy) is 2. The minimum Gasteiger partial charge on any atom is -0.497 e. The Morgan fingerprint density at radius 3 is 2.15 bits per heavy atom. The number of aryl methyl sites for hydroxylation is 2. The van der Waals surface area contributed by atoms with E-state index in [-0.39, 0.29) is 12.1 Å². The fraction of sp³-hybridized carbons (Fsp3) is 0.152. The summed E-state index contributed by atoms with van der Waals surface area (Å²) in [6.45, 7) is 4.28. The summed E-state index contributed by atoms with van der Waals surface area (Å²) >= 11 is 5.94. The van der Waals surface area contributed by atoms with Crippen LogP contribution in [0.1, 0.15) is 34.6 Å². The number of methoxy groups -OCH3 is 1. The Morgan fingerprint density at radius 2 is 1.48 bits per heavy atom. The summed E-state index contributed by atoms with van der Waals surface area (Å²) < 4.78 is 13.6. The zero-order valence-electron chi connectivity index (χ0n) is 22.6. The van der Waals surface area contributed by atoms with E-state index in [0.29, 0.717) is 5.11 Å². The predicted molar refractivity (Wildman–Crippen MR) is 163 cm³/mol. The standard InChI is InChI=1S/C33H30N4O2S/c1-22-9-10-25(21-23(22)2)36-20-6-8-30(36)32-31(29-7-4-5-19-34-29)35-33(40)37(32)24-11-13-27(14-12-24)39-28-17-15-26(38-3)16-18-28/h4-21,31-32H,1-3H3,(H,35,40)/t31-,32+/m1/s1. The van der Waals surface area contributed by atoms with Crippen molar-refractivity contribution in [2.75, 3.05) is 12.0 Å². The van der Waals surface area contributed by atoms with Crippen LogP contribution in [0, 0.1) is 13.8 Å². The van der Waals surface area contributed by atoms with Crippen LogP contribution >= 0.6 is 12.2 Å². The Labute approximate surface area is 239 Å². The van der Waals surface area contributed by atoms with Gasteiger partial charge in [-0.05, 0) is 122 Å². The molecule has 1 fully saturated rings. The quantitative estimate of drug-likeness (QED) is 0.214. The lowest BCUT2D eigenvalue weighted by molar-refractivity contribution is 0.413. The van der Waals surface area contributed by atoms with E-state index in [1.165, 1.54) is 11.1 Å². The van der Waals surface area contributed by atoms with Gasteiger partial charge in [0.2, 0.25) is 0 Å². The van der Waals surface area contributed by atoms with Crippen LogP contribution in [0.2, 0.25) is 0 Å². The van der Waals surface area contributed by atoms with Crippen molar-refractivity contribution in [3.63, 3.8) is 0 Å². The maximum Gasteiger partial charge on any atom is 0.174 e. The smallest absolute Gasteiger partial charge is 0.174 e. The van der Waals surface area contributed by atoms with E-state index < -0.39 is 0 Å². The van der Waals surface area contributed by atoms with Gasteiger partial charge in [0, 0.05) is 29.5 Å². The van der Waals surface area contributed by atoms with Crippen LogP contribution in [0.3, 0.4) is 0 Å². The zero-order valence-corrected chi connectivity index (χ0v) is 23.4.